The lowest BCUT2D eigenvalue weighted by molar-refractivity contribution is -0.113. The molecule has 0 radical (unpaired) electrons. The smallest absolute Gasteiger partial charge is 0.251 e. The number of rotatable bonds is 5. The van der Waals surface area contributed by atoms with E-state index in [0.717, 1.165) is 11.3 Å². The standard InChI is InChI=1S/C16H23N3O2S.ClH/c1-10(2)7-16(3,9-17)19-15(21)11-4-5-13-12(6-11)18-14(20)8-22-13;/h4-6,10H,7-9,17H2,1-3H3,(H,18,20)(H,19,21);1H. The van der Waals surface area contributed by atoms with Gasteiger partial charge in [0.05, 0.1) is 11.4 Å². The molecule has 5 nitrogen and oxygen atoms in total. The number of halogens is 1. The van der Waals surface area contributed by atoms with Gasteiger partial charge >= 0.3 is 0 Å². The van der Waals surface area contributed by atoms with Crippen molar-refractivity contribution in [3.63, 3.8) is 0 Å². The molecule has 1 unspecified atom stereocenters. The van der Waals surface area contributed by atoms with Crippen molar-refractivity contribution in [3.05, 3.63) is 23.8 Å². The first kappa shape index (κ1) is 19.8. The minimum Gasteiger partial charge on any atom is -0.346 e. The summed E-state index contributed by atoms with van der Waals surface area (Å²) in [6, 6.07) is 5.38. The van der Waals surface area contributed by atoms with Crippen molar-refractivity contribution >= 4 is 41.7 Å². The van der Waals surface area contributed by atoms with Gasteiger partial charge in [-0.1, -0.05) is 13.8 Å². The van der Waals surface area contributed by atoms with Crippen LogP contribution in [-0.2, 0) is 4.79 Å². The summed E-state index contributed by atoms with van der Waals surface area (Å²) in [6.07, 6.45) is 0.812. The maximum absolute atomic E-state index is 12.5. The molecule has 1 atom stereocenters. The molecule has 0 aliphatic carbocycles. The van der Waals surface area contributed by atoms with Crippen LogP contribution in [0.3, 0.4) is 0 Å². The van der Waals surface area contributed by atoms with Gasteiger partial charge in [0.25, 0.3) is 5.91 Å². The molecule has 2 amide bonds. The summed E-state index contributed by atoms with van der Waals surface area (Å²) in [5.74, 6) is 0.647. The molecule has 1 aliphatic rings. The Morgan fingerprint density at radius 1 is 1.48 bits per heavy atom. The highest BCUT2D eigenvalue weighted by molar-refractivity contribution is 8.00. The summed E-state index contributed by atoms with van der Waals surface area (Å²) in [6.45, 7) is 6.55. The zero-order chi connectivity index (χ0) is 16.3. The predicted molar refractivity (Wildman–Crippen MR) is 97.4 cm³/mol. The van der Waals surface area contributed by atoms with Gasteiger partial charge in [0.1, 0.15) is 0 Å². The van der Waals surface area contributed by atoms with Crippen LogP contribution in [0, 0.1) is 5.92 Å². The van der Waals surface area contributed by atoms with E-state index in [1.807, 2.05) is 13.0 Å². The number of anilines is 1. The molecule has 0 bridgehead atoms. The Hall–Kier alpha value is -1.24. The van der Waals surface area contributed by atoms with Crippen LogP contribution in [0.4, 0.5) is 5.69 Å². The molecule has 4 N–H and O–H groups in total. The summed E-state index contributed by atoms with van der Waals surface area (Å²) in [7, 11) is 0. The Balaban J connectivity index is 0.00000264. The number of thioether (sulfide) groups is 1. The Morgan fingerprint density at radius 3 is 2.78 bits per heavy atom. The van der Waals surface area contributed by atoms with Gasteiger partial charge in [-0.15, -0.1) is 24.2 Å². The highest BCUT2D eigenvalue weighted by Gasteiger charge is 2.27. The number of carbonyl (C=O) groups is 2. The fourth-order valence-corrected chi connectivity index (χ4v) is 3.45. The molecular formula is C16H24ClN3O2S. The van der Waals surface area contributed by atoms with E-state index in [4.69, 9.17) is 5.73 Å². The van der Waals surface area contributed by atoms with E-state index in [9.17, 15) is 9.59 Å². The topological polar surface area (TPSA) is 84.2 Å². The largest absolute Gasteiger partial charge is 0.346 e. The Morgan fingerprint density at radius 2 is 2.17 bits per heavy atom. The van der Waals surface area contributed by atoms with Gasteiger partial charge in [0.2, 0.25) is 5.91 Å². The van der Waals surface area contributed by atoms with Crippen molar-refractivity contribution < 1.29 is 9.59 Å². The van der Waals surface area contributed by atoms with E-state index in [0.29, 0.717) is 29.5 Å². The van der Waals surface area contributed by atoms with E-state index < -0.39 is 5.54 Å². The van der Waals surface area contributed by atoms with Crippen molar-refractivity contribution in [2.24, 2.45) is 11.7 Å². The maximum atomic E-state index is 12.5. The summed E-state index contributed by atoms with van der Waals surface area (Å²) in [5, 5.41) is 5.82. The molecule has 7 heteroatoms. The van der Waals surface area contributed by atoms with E-state index in [-0.39, 0.29) is 24.2 Å². The first-order valence-corrected chi connectivity index (χ1v) is 8.41. The molecule has 0 saturated carbocycles. The second kappa shape index (κ2) is 8.04. The predicted octanol–water partition coefficient (Wildman–Crippen LogP) is 2.65. The molecule has 1 aromatic carbocycles. The van der Waals surface area contributed by atoms with Crippen LogP contribution in [0.2, 0.25) is 0 Å². The summed E-state index contributed by atoms with van der Waals surface area (Å²) < 4.78 is 0. The summed E-state index contributed by atoms with van der Waals surface area (Å²) in [5.41, 5.74) is 6.64. The number of hydrogen-bond donors (Lipinski definition) is 3. The normalized spacial score (nSPS) is 16.0. The lowest BCUT2D eigenvalue weighted by atomic mass is 9.90. The van der Waals surface area contributed by atoms with E-state index >= 15 is 0 Å². The first-order chi connectivity index (χ1) is 10.3. The number of nitrogens with two attached hydrogens (primary N) is 1. The quantitative estimate of drug-likeness (QED) is 0.756. The van der Waals surface area contributed by atoms with Crippen LogP contribution in [0.25, 0.3) is 0 Å². The third kappa shape index (κ3) is 5.12. The highest BCUT2D eigenvalue weighted by atomic mass is 35.5. The number of benzene rings is 1. The average Bonchev–Trinajstić information content (AvgIpc) is 2.45. The Bertz CT molecular complexity index is 595. The van der Waals surface area contributed by atoms with Crippen molar-refractivity contribution in [2.45, 2.75) is 37.6 Å². The second-order valence-electron chi connectivity index (χ2n) is 6.36. The minimum absolute atomic E-state index is 0. The van der Waals surface area contributed by atoms with Gasteiger partial charge in [-0.05, 0) is 37.5 Å². The molecule has 1 heterocycles. The van der Waals surface area contributed by atoms with E-state index in [2.05, 4.69) is 24.5 Å². The molecule has 128 valence electrons. The lowest BCUT2D eigenvalue weighted by Crippen LogP contribution is -2.52. The molecular weight excluding hydrogens is 334 g/mol. The van der Waals surface area contributed by atoms with Crippen molar-refractivity contribution in [2.75, 3.05) is 17.6 Å². The number of amides is 2. The molecule has 1 aromatic rings. The fraction of sp³-hybridized carbons (Fsp3) is 0.500. The minimum atomic E-state index is -0.431. The van der Waals surface area contributed by atoms with Crippen LogP contribution >= 0.6 is 24.2 Å². The average molecular weight is 358 g/mol. The number of carbonyl (C=O) groups excluding carboxylic acids is 2. The van der Waals surface area contributed by atoms with Crippen LogP contribution in [-0.4, -0.2) is 29.7 Å². The molecule has 0 spiro atoms. The van der Waals surface area contributed by atoms with E-state index in [1.165, 1.54) is 11.8 Å². The molecule has 2 rings (SSSR count). The van der Waals surface area contributed by atoms with Gasteiger partial charge in [-0.2, -0.15) is 0 Å². The molecule has 0 fully saturated rings. The number of hydrogen-bond acceptors (Lipinski definition) is 4. The second-order valence-corrected chi connectivity index (χ2v) is 7.38. The maximum Gasteiger partial charge on any atom is 0.251 e. The first-order valence-electron chi connectivity index (χ1n) is 7.42. The molecule has 1 aliphatic heterocycles. The van der Waals surface area contributed by atoms with Crippen molar-refractivity contribution in [1.29, 1.82) is 0 Å². The lowest BCUT2D eigenvalue weighted by Gasteiger charge is -2.31. The third-order valence-electron chi connectivity index (χ3n) is 3.60. The Kier molecular flexibility index (Phi) is 6.92. The van der Waals surface area contributed by atoms with Gasteiger partial charge < -0.3 is 16.4 Å². The van der Waals surface area contributed by atoms with E-state index in [1.54, 1.807) is 12.1 Å². The molecule has 0 saturated heterocycles. The van der Waals surface area contributed by atoms with Gasteiger partial charge in [-0.25, -0.2) is 0 Å². The van der Waals surface area contributed by atoms with Crippen LogP contribution in [0.5, 0.6) is 0 Å². The zero-order valence-corrected chi connectivity index (χ0v) is 15.3. The van der Waals surface area contributed by atoms with Crippen molar-refractivity contribution in [3.8, 4) is 0 Å². The number of nitrogens with one attached hydrogen (secondary N) is 2. The van der Waals surface area contributed by atoms with Gasteiger partial charge in [0, 0.05) is 22.5 Å². The fourth-order valence-electron chi connectivity index (χ4n) is 2.66. The summed E-state index contributed by atoms with van der Waals surface area (Å²) >= 11 is 1.48. The zero-order valence-electron chi connectivity index (χ0n) is 13.6. The molecule has 23 heavy (non-hydrogen) atoms. The van der Waals surface area contributed by atoms with Gasteiger partial charge in [-0.3, -0.25) is 9.59 Å². The van der Waals surface area contributed by atoms with Crippen molar-refractivity contribution in [1.82, 2.24) is 5.32 Å². The Labute approximate surface area is 147 Å². The number of fused-ring (bicyclic) bond motifs is 1. The monoisotopic (exact) mass is 357 g/mol. The van der Waals surface area contributed by atoms with Crippen LogP contribution < -0.4 is 16.4 Å². The third-order valence-corrected chi connectivity index (χ3v) is 4.67. The SMILES string of the molecule is CC(C)CC(C)(CN)NC(=O)c1ccc2c(c1)NC(=O)CS2.Cl. The van der Waals surface area contributed by atoms with Crippen LogP contribution in [0.15, 0.2) is 23.1 Å². The summed E-state index contributed by atoms with van der Waals surface area (Å²) in [4.78, 5) is 24.9. The molecule has 0 aromatic heterocycles. The van der Waals surface area contributed by atoms with Gasteiger partial charge in [0.15, 0.2) is 0 Å². The highest BCUT2D eigenvalue weighted by Crippen LogP contribution is 2.32. The van der Waals surface area contributed by atoms with Crippen LogP contribution in [0.1, 0.15) is 37.6 Å².